The number of nitrogens with one attached hydrogen (secondary N) is 1. The fourth-order valence-electron chi connectivity index (χ4n) is 2.21. The van der Waals surface area contributed by atoms with Gasteiger partial charge in [0.2, 0.25) is 0 Å². The van der Waals surface area contributed by atoms with Crippen LogP contribution in [0.25, 0.3) is 0 Å². The Morgan fingerprint density at radius 2 is 1.78 bits per heavy atom. The molecular weight excluding hydrogens is 290 g/mol. The lowest BCUT2D eigenvalue weighted by Gasteiger charge is -2.10. The zero-order valence-corrected chi connectivity index (χ0v) is 13.7. The number of amides is 1. The van der Waals surface area contributed by atoms with Crippen LogP contribution in [0.15, 0.2) is 48.5 Å². The molecule has 0 spiro atoms. The topological polar surface area (TPSA) is 47.6 Å². The fraction of sp³-hybridized carbons (Fsp3) is 0.316. The Balaban J connectivity index is 1.94. The van der Waals surface area contributed by atoms with Gasteiger partial charge in [0.15, 0.2) is 0 Å². The van der Waals surface area contributed by atoms with E-state index in [1.807, 2.05) is 36.4 Å². The molecule has 2 aromatic rings. The summed E-state index contributed by atoms with van der Waals surface area (Å²) in [4.78, 5) is 12.3. The Kier molecular flexibility index (Phi) is 6.48. The zero-order valence-electron chi connectivity index (χ0n) is 13.7. The molecule has 0 saturated carbocycles. The second kappa shape index (κ2) is 8.83. The third-order valence-corrected chi connectivity index (χ3v) is 3.48. The average molecular weight is 313 g/mol. The van der Waals surface area contributed by atoms with E-state index in [4.69, 9.17) is 9.47 Å². The Bertz CT molecular complexity index is 623. The molecule has 2 rings (SSSR count). The highest BCUT2D eigenvalue weighted by molar-refractivity contribution is 6.06. The molecule has 0 aliphatic rings. The van der Waals surface area contributed by atoms with Crippen LogP contribution < -0.4 is 14.8 Å². The summed E-state index contributed by atoms with van der Waals surface area (Å²) in [7, 11) is 1.55. The molecule has 23 heavy (non-hydrogen) atoms. The first-order valence-corrected chi connectivity index (χ1v) is 7.92. The van der Waals surface area contributed by atoms with Gasteiger partial charge in [0.1, 0.15) is 11.5 Å². The molecule has 1 amide bonds. The Morgan fingerprint density at radius 3 is 2.48 bits per heavy atom. The number of hydrogen-bond donors (Lipinski definition) is 1. The van der Waals surface area contributed by atoms with Crippen molar-refractivity contribution in [2.24, 2.45) is 0 Å². The van der Waals surface area contributed by atoms with Gasteiger partial charge in [-0.05, 0) is 42.8 Å². The molecule has 0 atom stereocenters. The molecular formula is C19H23NO3. The van der Waals surface area contributed by atoms with Gasteiger partial charge in [-0.3, -0.25) is 4.79 Å². The summed E-state index contributed by atoms with van der Waals surface area (Å²) in [6.07, 6.45) is 3.41. The molecule has 4 heteroatoms. The zero-order chi connectivity index (χ0) is 16.5. The number of ether oxygens (including phenoxy) is 2. The van der Waals surface area contributed by atoms with Crippen LogP contribution in [0.5, 0.6) is 11.5 Å². The lowest BCUT2D eigenvalue weighted by atomic mass is 10.2. The van der Waals surface area contributed by atoms with Crippen molar-refractivity contribution in [2.75, 3.05) is 19.0 Å². The van der Waals surface area contributed by atoms with Gasteiger partial charge >= 0.3 is 0 Å². The van der Waals surface area contributed by atoms with E-state index in [2.05, 4.69) is 12.2 Å². The third-order valence-electron chi connectivity index (χ3n) is 3.48. The van der Waals surface area contributed by atoms with Gasteiger partial charge in [0, 0.05) is 5.69 Å². The fourth-order valence-corrected chi connectivity index (χ4v) is 2.21. The summed E-state index contributed by atoms with van der Waals surface area (Å²) in [6.45, 7) is 2.89. The van der Waals surface area contributed by atoms with Crippen molar-refractivity contribution < 1.29 is 14.3 Å². The van der Waals surface area contributed by atoms with Crippen LogP contribution >= 0.6 is 0 Å². The van der Waals surface area contributed by atoms with Crippen LogP contribution in [0.4, 0.5) is 5.69 Å². The van der Waals surface area contributed by atoms with E-state index >= 15 is 0 Å². The molecule has 0 unspecified atom stereocenters. The second-order valence-corrected chi connectivity index (χ2v) is 5.23. The quantitative estimate of drug-likeness (QED) is 0.729. The SMILES string of the molecule is CCCCCOc1ccc(NC(=O)c2ccccc2OC)cc1. The van der Waals surface area contributed by atoms with Gasteiger partial charge < -0.3 is 14.8 Å². The summed E-state index contributed by atoms with van der Waals surface area (Å²) >= 11 is 0. The van der Waals surface area contributed by atoms with Crippen molar-refractivity contribution in [3.05, 3.63) is 54.1 Å². The third kappa shape index (κ3) is 5.02. The maximum absolute atomic E-state index is 12.3. The van der Waals surface area contributed by atoms with Crippen LogP contribution in [-0.2, 0) is 0 Å². The van der Waals surface area contributed by atoms with Crippen LogP contribution in [0.1, 0.15) is 36.5 Å². The first kappa shape index (κ1) is 16.9. The average Bonchev–Trinajstić information content (AvgIpc) is 2.60. The van der Waals surface area contributed by atoms with Gasteiger partial charge in [-0.1, -0.05) is 31.9 Å². The second-order valence-electron chi connectivity index (χ2n) is 5.23. The molecule has 4 nitrogen and oxygen atoms in total. The molecule has 0 aliphatic heterocycles. The molecule has 0 bridgehead atoms. The number of unbranched alkanes of at least 4 members (excludes halogenated alkanes) is 2. The molecule has 2 aromatic carbocycles. The van der Waals surface area contributed by atoms with Crippen molar-refractivity contribution in [1.82, 2.24) is 0 Å². The summed E-state index contributed by atoms with van der Waals surface area (Å²) in [5.41, 5.74) is 1.23. The van der Waals surface area contributed by atoms with Crippen molar-refractivity contribution in [3.63, 3.8) is 0 Å². The first-order chi connectivity index (χ1) is 11.2. The maximum atomic E-state index is 12.3. The van der Waals surface area contributed by atoms with Crippen LogP contribution in [0, 0.1) is 0 Å². The van der Waals surface area contributed by atoms with Crippen LogP contribution in [-0.4, -0.2) is 19.6 Å². The van der Waals surface area contributed by atoms with E-state index in [1.54, 1.807) is 19.2 Å². The van der Waals surface area contributed by atoms with Gasteiger partial charge in [-0.2, -0.15) is 0 Å². The first-order valence-electron chi connectivity index (χ1n) is 7.92. The monoisotopic (exact) mass is 313 g/mol. The summed E-state index contributed by atoms with van der Waals surface area (Å²) in [5, 5.41) is 2.86. The lowest BCUT2D eigenvalue weighted by molar-refractivity contribution is 0.102. The van der Waals surface area contributed by atoms with E-state index in [0.29, 0.717) is 11.3 Å². The number of rotatable bonds is 8. The Morgan fingerprint density at radius 1 is 1.04 bits per heavy atom. The van der Waals surface area contributed by atoms with E-state index in [-0.39, 0.29) is 5.91 Å². The Labute approximate surface area is 137 Å². The largest absolute Gasteiger partial charge is 0.496 e. The Hall–Kier alpha value is -2.49. The lowest BCUT2D eigenvalue weighted by Crippen LogP contribution is -2.13. The molecule has 0 fully saturated rings. The minimum atomic E-state index is -0.195. The van der Waals surface area contributed by atoms with Gasteiger partial charge in [-0.15, -0.1) is 0 Å². The molecule has 0 saturated heterocycles. The number of carbonyl (C=O) groups is 1. The van der Waals surface area contributed by atoms with Crippen LogP contribution in [0.3, 0.4) is 0 Å². The van der Waals surface area contributed by atoms with Crippen molar-refractivity contribution in [3.8, 4) is 11.5 Å². The summed E-state index contributed by atoms with van der Waals surface area (Å²) in [5.74, 6) is 1.18. The van der Waals surface area contributed by atoms with Gasteiger partial charge in [-0.25, -0.2) is 0 Å². The van der Waals surface area contributed by atoms with Crippen LogP contribution in [0.2, 0.25) is 0 Å². The number of hydrogen-bond acceptors (Lipinski definition) is 3. The minimum Gasteiger partial charge on any atom is -0.496 e. The standard InChI is InChI=1S/C19H23NO3/c1-3-4-7-14-23-16-12-10-15(11-13-16)20-19(21)17-8-5-6-9-18(17)22-2/h5-6,8-13H,3-4,7,14H2,1-2H3,(H,20,21). The molecule has 0 radical (unpaired) electrons. The van der Waals surface area contributed by atoms with Gasteiger partial charge in [0.05, 0.1) is 19.3 Å². The van der Waals surface area contributed by atoms with E-state index < -0.39 is 0 Å². The maximum Gasteiger partial charge on any atom is 0.259 e. The predicted octanol–water partition coefficient (Wildman–Crippen LogP) is 4.52. The van der Waals surface area contributed by atoms with Gasteiger partial charge in [0.25, 0.3) is 5.91 Å². The molecule has 1 N–H and O–H groups in total. The predicted molar refractivity (Wildman–Crippen MR) is 92.4 cm³/mol. The minimum absolute atomic E-state index is 0.195. The number of para-hydroxylation sites is 1. The number of methoxy groups -OCH3 is 1. The molecule has 0 aliphatic carbocycles. The smallest absolute Gasteiger partial charge is 0.259 e. The van der Waals surface area contributed by atoms with E-state index in [0.717, 1.165) is 24.5 Å². The van der Waals surface area contributed by atoms with Crippen molar-refractivity contribution in [1.29, 1.82) is 0 Å². The van der Waals surface area contributed by atoms with Crippen molar-refractivity contribution in [2.45, 2.75) is 26.2 Å². The van der Waals surface area contributed by atoms with Crippen molar-refractivity contribution >= 4 is 11.6 Å². The normalized spacial score (nSPS) is 10.2. The number of benzene rings is 2. The number of anilines is 1. The highest BCUT2D eigenvalue weighted by Gasteiger charge is 2.11. The molecule has 0 heterocycles. The molecule has 122 valence electrons. The summed E-state index contributed by atoms with van der Waals surface area (Å²) in [6, 6.07) is 14.5. The highest BCUT2D eigenvalue weighted by Crippen LogP contribution is 2.20. The van der Waals surface area contributed by atoms with E-state index in [1.165, 1.54) is 12.8 Å². The summed E-state index contributed by atoms with van der Waals surface area (Å²) < 4.78 is 10.9. The number of carbonyl (C=O) groups excluding carboxylic acids is 1. The highest BCUT2D eigenvalue weighted by atomic mass is 16.5. The van der Waals surface area contributed by atoms with E-state index in [9.17, 15) is 4.79 Å². The molecule has 0 aromatic heterocycles.